The smallest absolute Gasteiger partial charge is 0.257 e. The van der Waals surface area contributed by atoms with Gasteiger partial charge in [0.2, 0.25) is 5.91 Å². The van der Waals surface area contributed by atoms with Crippen molar-refractivity contribution in [2.24, 2.45) is 0 Å². The Labute approximate surface area is 140 Å². The molecule has 1 aromatic rings. The number of nitrogens with one attached hydrogen (secondary N) is 1. The van der Waals surface area contributed by atoms with Crippen LogP contribution in [-0.2, 0) is 9.59 Å². The van der Waals surface area contributed by atoms with Crippen LogP contribution in [-0.4, -0.2) is 47.6 Å². The number of rotatable bonds is 5. The second-order valence-corrected chi connectivity index (χ2v) is 5.94. The van der Waals surface area contributed by atoms with E-state index < -0.39 is 6.04 Å². The minimum atomic E-state index is -0.499. The molecule has 122 valence electrons. The Hall–Kier alpha value is -2.15. The van der Waals surface area contributed by atoms with Crippen LogP contribution in [0.25, 0.3) is 0 Å². The highest BCUT2D eigenvalue weighted by atomic mass is 32.1. The van der Waals surface area contributed by atoms with E-state index in [9.17, 15) is 9.59 Å². The third-order valence-corrected chi connectivity index (χ3v) is 4.34. The Morgan fingerprint density at radius 1 is 1.30 bits per heavy atom. The van der Waals surface area contributed by atoms with Gasteiger partial charge in [-0.15, -0.1) is 0 Å². The molecule has 2 heterocycles. The van der Waals surface area contributed by atoms with Crippen LogP contribution in [0.1, 0.15) is 19.8 Å². The van der Waals surface area contributed by atoms with Crippen molar-refractivity contribution in [3.63, 3.8) is 0 Å². The summed E-state index contributed by atoms with van der Waals surface area (Å²) < 4.78 is 5.52. The van der Waals surface area contributed by atoms with Gasteiger partial charge in [-0.3, -0.25) is 9.59 Å². The summed E-state index contributed by atoms with van der Waals surface area (Å²) >= 11 is 5.20. The van der Waals surface area contributed by atoms with E-state index in [1.165, 1.54) is 4.90 Å². The van der Waals surface area contributed by atoms with Gasteiger partial charge in [0, 0.05) is 13.1 Å². The second kappa shape index (κ2) is 6.54. The first-order valence-corrected chi connectivity index (χ1v) is 8.16. The standard InChI is InChI=1S/C16H19N3O3S/c1-2-9-22-12-5-3-11(4-6-12)19-14(20)10-13(15(19)21)18-8-7-17-16(18)23/h3-6,13H,2,7-10H2,1H3,(H,17,23)/t13-/m0/s1. The van der Waals surface area contributed by atoms with Crippen molar-refractivity contribution in [3.05, 3.63) is 24.3 Å². The number of hydrogen-bond donors (Lipinski definition) is 1. The van der Waals surface area contributed by atoms with Gasteiger partial charge in [-0.2, -0.15) is 0 Å². The van der Waals surface area contributed by atoms with E-state index >= 15 is 0 Å². The second-order valence-electron chi connectivity index (χ2n) is 5.55. The third-order valence-electron chi connectivity index (χ3n) is 3.96. The number of benzene rings is 1. The van der Waals surface area contributed by atoms with Gasteiger partial charge >= 0.3 is 0 Å². The van der Waals surface area contributed by atoms with E-state index in [-0.39, 0.29) is 18.2 Å². The van der Waals surface area contributed by atoms with Crippen molar-refractivity contribution in [2.45, 2.75) is 25.8 Å². The molecule has 2 aliphatic heterocycles. The molecule has 2 saturated heterocycles. The Balaban J connectivity index is 1.76. The average Bonchev–Trinajstić information content (AvgIpc) is 3.09. The van der Waals surface area contributed by atoms with E-state index in [1.807, 2.05) is 6.92 Å². The lowest BCUT2D eigenvalue weighted by Gasteiger charge is -2.23. The van der Waals surface area contributed by atoms with Gasteiger partial charge in [0.15, 0.2) is 5.11 Å². The van der Waals surface area contributed by atoms with Crippen LogP contribution in [0.15, 0.2) is 24.3 Å². The number of amides is 2. The summed E-state index contributed by atoms with van der Waals surface area (Å²) in [6.45, 7) is 4.04. The summed E-state index contributed by atoms with van der Waals surface area (Å²) in [6.07, 6.45) is 1.09. The Kier molecular flexibility index (Phi) is 4.47. The van der Waals surface area contributed by atoms with Crippen molar-refractivity contribution in [2.75, 3.05) is 24.6 Å². The highest BCUT2D eigenvalue weighted by Crippen LogP contribution is 2.28. The van der Waals surface area contributed by atoms with Crippen molar-refractivity contribution in [3.8, 4) is 5.75 Å². The van der Waals surface area contributed by atoms with Crippen LogP contribution >= 0.6 is 12.2 Å². The maximum absolute atomic E-state index is 12.7. The lowest BCUT2D eigenvalue weighted by molar-refractivity contribution is -0.122. The van der Waals surface area contributed by atoms with Crippen LogP contribution < -0.4 is 15.0 Å². The maximum Gasteiger partial charge on any atom is 0.257 e. The molecule has 2 aliphatic rings. The number of imide groups is 1. The predicted octanol–water partition coefficient (Wildman–Crippen LogP) is 1.30. The third kappa shape index (κ3) is 3.01. The molecule has 3 rings (SSSR count). The average molecular weight is 333 g/mol. The first-order valence-electron chi connectivity index (χ1n) is 7.76. The Bertz CT molecular complexity index is 632. The zero-order chi connectivity index (χ0) is 16.4. The zero-order valence-electron chi connectivity index (χ0n) is 12.9. The number of nitrogens with zero attached hydrogens (tertiary/aromatic N) is 2. The molecule has 0 aliphatic carbocycles. The topological polar surface area (TPSA) is 61.9 Å². The van der Waals surface area contributed by atoms with E-state index in [1.54, 1.807) is 29.2 Å². The first kappa shape index (κ1) is 15.7. The Morgan fingerprint density at radius 3 is 2.65 bits per heavy atom. The summed E-state index contributed by atoms with van der Waals surface area (Å²) in [5.74, 6) is 0.316. The molecule has 2 amide bonds. The van der Waals surface area contributed by atoms with Crippen LogP contribution in [0, 0.1) is 0 Å². The molecule has 6 nitrogen and oxygen atoms in total. The summed E-state index contributed by atoms with van der Waals surface area (Å²) in [5.41, 5.74) is 0.574. The molecular weight excluding hydrogens is 314 g/mol. The molecule has 1 aromatic carbocycles. The van der Waals surface area contributed by atoms with E-state index in [0.717, 1.165) is 12.2 Å². The van der Waals surface area contributed by atoms with Gasteiger partial charge in [0.25, 0.3) is 5.91 Å². The number of carbonyl (C=O) groups excluding carboxylic acids is 2. The van der Waals surface area contributed by atoms with Crippen LogP contribution in [0.2, 0.25) is 0 Å². The van der Waals surface area contributed by atoms with Gasteiger partial charge < -0.3 is 15.0 Å². The SMILES string of the molecule is CCCOc1ccc(N2C(=O)C[C@H](N3CCNC3=S)C2=O)cc1. The molecule has 0 spiro atoms. The lowest BCUT2D eigenvalue weighted by Crippen LogP contribution is -2.43. The van der Waals surface area contributed by atoms with Crippen molar-refractivity contribution in [1.82, 2.24) is 10.2 Å². The minimum absolute atomic E-state index is 0.161. The van der Waals surface area contributed by atoms with E-state index in [0.29, 0.717) is 30.5 Å². The molecule has 0 unspecified atom stereocenters. The minimum Gasteiger partial charge on any atom is -0.494 e. The summed E-state index contributed by atoms with van der Waals surface area (Å²) in [6, 6.07) is 6.54. The van der Waals surface area contributed by atoms with Crippen LogP contribution in [0.3, 0.4) is 0 Å². The number of ether oxygens (including phenoxy) is 1. The lowest BCUT2D eigenvalue weighted by atomic mass is 10.2. The molecule has 0 radical (unpaired) electrons. The summed E-state index contributed by atoms with van der Waals surface area (Å²) in [4.78, 5) is 28.0. The van der Waals surface area contributed by atoms with E-state index in [4.69, 9.17) is 17.0 Å². The fourth-order valence-electron chi connectivity index (χ4n) is 2.83. The number of hydrogen-bond acceptors (Lipinski definition) is 4. The number of thiocarbonyl (C=S) groups is 1. The highest BCUT2D eigenvalue weighted by molar-refractivity contribution is 7.80. The fourth-order valence-corrected chi connectivity index (χ4v) is 3.15. The van der Waals surface area contributed by atoms with Gasteiger partial charge in [0.05, 0.1) is 18.7 Å². The van der Waals surface area contributed by atoms with Crippen molar-refractivity contribution < 1.29 is 14.3 Å². The van der Waals surface area contributed by atoms with Crippen molar-refractivity contribution in [1.29, 1.82) is 0 Å². The van der Waals surface area contributed by atoms with Crippen molar-refractivity contribution >= 4 is 34.8 Å². The molecular formula is C16H19N3O3S. The molecule has 0 bridgehead atoms. The number of carbonyl (C=O) groups is 2. The fraction of sp³-hybridized carbons (Fsp3) is 0.438. The monoisotopic (exact) mass is 333 g/mol. The molecule has 0 saturated carbocycles. The van der Waals surface area contributed by atoms with Gasteiger partial charge in [-0.25, -0.2) is 4.90 Å². The first-order chi connectivity index (χ1) is 11.1. The summed E-state index contributed by atoms with van der Waals surface area (Å²) in [5, 5.41) is 3.57. The highest BCUT2D eigenvalue weighted by Gasteiger charge is 2.44. The maximum atomic E-state index is 12.7. The predicted molar refractivity (Wildman–Crippen MR) is 90.4 cm³/mol. The summed E-state index contributed by atoms with van der Waals surface area (Å²) in [7, 11) is 0. The molecule has 1 atom stereocenters. The van der Waals surface area contributed by atoms with Gasteiger partial charge in [-0.1, -0.05) is 6.92 Å². The van der Waals surface area contributed by atoms with Gasteiger partial charge in [-0.05, 0) is 42.9 Å². The Morgan fingerprint density at radius 2 is 2.04 bits per heavy atom. The molecule has 7 heteroatoms. The molecule has 2 fully saturated rings. The van der Waals surface area contributed by atoms with Gasteiger partial charge in [0.1, 0.15) is 11.8 Å². The quantitative estimate of drug-likeness (QED) is 0.647. The molecule has 0 aromatic heterocycles. The van der Waals surface area contributed by atoms with E-state index in [2.05, 4.69) is 5.32 Å². The number of anilines is 1. The van der Waals surface area contributed by atoms with Crippen LogP contribution in [0.4, 0.5) is 5.69 Å². The zero-order valence-corrected chi connectivity index (χ0v) is 13.8. The normalized spacial score (nSPS) is 21.1. The molecule has 1 N–H and O–H groups in total. The molecule has 23 heavy (non-hydrogen) atoms. The largest absolute Gasteiger partial charge is 0.494 e. The van der Waals surface area contributed by atoms with Crippen LogP contribution in [0.5, 0.6) is 5.75 Å².